The molecular formula is C22H34ClN3O2. The summed E-state index contributed by atoms with van der Waals surface area (Å²) in [6.07, 6.45) is 5.15. The van der Waals surface area contributed by atoms with Gasteiger partial charge in [0.15, 0.2) is 0 Å². The van der Waals surface area contributed by atoms with Crippen molar-refractivity contribution in [2.75, 3.05) is 19.6 Å². The number of piperidine rings is 1. The van der Waals surface area contributed by atoms with Gasteiger partial charge in [0.1, 0.15) is 0 Å². The second-order valence-electron chi connectivity index (χ2n) is 8.05. The summed E-state index contributed by atoms with van der Waals surface area (Å²) in [7, 11) is 0. The normalized spacial score (nSPS) is 18.8. The first-order valence-corrected chi connectivity index (χ1v) is 10.7. The molecule has 1 aromatic carbocycles. The highest BCUT2D eigenvalue weighted by Gasteiger charge is 2.27. The Morgan fingerprint density at radius 3 is 2.61 bits per heavy atom. The number of primary amides is 1. The SMILES string of the molecule is CC(=O)N(CCC1CCCCN1CCC(C(N)=O)c1ccccc1Cl)C(C)C. The molecule has 1 aromatic rings. The molecule has 2 atom stereocenters. The minimum absolute atomic E-state index is 0.130. The second kappa shape index (κ2) is 10.8. The molecule has 1 aliphatic rings. The lowest BCUT2D eigenvalue weighted by molar-refractivity contribution is -0.130. The largest absolute Gasteiger partial charge is 0.369 e. The smallest absolute Gasteiger partial charge is 0.225 e. The number of nitrogens with two attached hydrogens (primary N) is 1. The average molecular weight is 408 g/mol. The monoisotopic (exact) mass is 407 g/mol. The molecule has 0 aliphatic carbocycles. The molecule has 0 bridgehead atoms. The minimum Gasteiger partial charge on any atom is -0.369 e. The number of carbonyl (C=O) groups is 2. The number of amides is 2. The van der Waals surface area contributed by atoms with Gasteiger partial charge in [-0.3, -0.25) is 9.59 Å². The zero-order valence-corrected chi connectivity index (χ0v) is 18.1. The highest BCUT2D eigenvalue weighted by Crippen LogP contribution is 2.29. The lowest BCUT2D eigenvalue weighted by Crippen LogP contribution is -2.44. The van der Waals surface area contributed by atoms with Crippen molar-refractivity contribution < 1.29 is 9.59 Å². The molecule has 28 heavy (non-hydrogen) atoms. The van der Waals surface area contributed by atoms with E-state index in [1.54, 1.807) is 13.0 Å². The van der Waals surface area contributed by atoms with Gasteiger partial charge in [0, 0.05) is 30.6 Å². The van der Waals surface area contributed by atoms with Crippen LogP contribution in [0.4, 0.5) is 0 Å². The number of halogens is 1. The third-order valence-electron chi connectivity index (χ3n) is 5.81. The predicted molar refractivity (Wildman–Crippen MR) is 114 cm³/mol. The maximum Gasteiger partial charge on any atom is 0.225 e. The van der Waals surface area contributed by atoms with E-state index in [2.05, 4.69) is 18.7 Å². The van der Waals surface area contributed by atoms with Crippen LogP contribution in [0.3, 0.4) is 0 Å². The Morgan fingerprint density at radius 2 is 2.00 bits per heavy atom. The minimum atomic E-state index is -0.374. The van der Waals surface area contributed by atoms with Crippen LogP contribution in [-0.4, -0.2) is 53.3 Å². The lowest BCUT2D eigenvalue weighted by atomic mass is 9.93. The van der Waals surface area contributed by atoms with Crippen molar-refractivity contribution in [2.24, 2.45) is 5.73 Å². The third-order valence-corrected chi connectivity index (χ3v) is 6.15. The van der Waals surface area contributed by atoms with Crippen LogP contribution < -0.4 is 5.73 Å². The van der Waals surface area contributed by atoms with Crippen LogP contribution in [0.2, 0.25) is 5.02 Å². The van der Waals surface area contributed by atoms with Crippen LogP contribution in [0.5, 0.6) is 0 Å². The first-order chi connectivity index (χ1) is 13.3. The zero-order valence-electron chi connectivity index (χ0n) is 17.4. The fraction of sp³-hybridized carbons (Fsp3) is 0.636. The Bertz CT molecular complexity index is 665. The molecule has 5 nitrogen and oxygen atoms in total. The lowest BCUT2D eigenvalue weighted by Gasteiger charge is -2.38. The summed E-state index contributed by atoms with van der Waals surface area (Å²) in [6, 6.07) is 8.10. The third kappa shape index (κ3) is 6.21. The highest BCUT2D eigenvalue weighted by atomic mass is 35.5. The van der Waals surface area contributed by atoms with Crippen LogP contribution in [0.15, 0.2) is 24.3 Å². The highest BCUT2D eigenvalue weighted by molar-refractivity contribution is 6.31. The number of carbonyl (C=O) groups excluding carboxylic acids is 2. The van der Waals surface area contributed by atoms with Gasteiger partial charge in [-0.1, -0.05) is 36.2 Å². The Kier molecular flexibility index (Phi) is 8.77. The van der Waals surface area contributed by atoms with Crippen LogP contribution in [0.1, 0.15) is 64.4 Å². The summed E-state index contributed by atoms with van der Waals surface area (Å²) in [5, 5.41) is 0.593. The van der Waals surface area contributed by atoms with Gasteiger partial charge in [-0.15, -0.1) is 0 Å². The predicted octanol–water partition coefficient (Wildman–Crippen LogP) is 3.80. The molecule has 2 unspecified atom stereocenters. The van der Waals surface area contributed by atoms with E-state index < -0.39 is 0 Å². The fourth-order valence-corrected chi connectivity index (χ4v) is 4.52. The van der Waals surface area contributed by atoms with E-state index in [0.717, 1.165) is 38.0 Å². The van der Waals surface area contributed by atoms with E-state index in [4.69, 9.17) is 17.3 Å². The van der Waals surface area contributed by atoms with Gasteiger partial charge < -0.3 is 15.5 Å². The summed E-state index contributed by atoms with van der Waals surface area (Å²) in [5.41, 5.74) is 6.51. The molecule has 2 rings (SSSR count). The molecule has 6 heteroatoms. The molecule has 2 amide bonds. The van der Waals surface area contributed by atoms with Crippen molar-refractivity contribution >= 4 is 23.4 Å². The standard InChI is InChI=1S/C22H34ClN3O2/c1-16(2)26(17(3)27)15-11-18-8-6-7-13-25(18)14-12-20(22(24)28)19-9-4-5-10-21(19)23/h4-5,9-10,16,18,20H,6-8,11-15H2,1-3H3,(H2,24,28). The topological polar surface area (TPSA) is 66.6 Å². The molecule has 156 valence electrons. The van der Waals surface area contributed by atoms with E-state index in [1.807, 2.05) is 23.1 Å². The first-order valence-electron chi connectivity index (χ1n) is 10.4. The van der Waals surface area contributed by atoms with E-state index in [9.17, 15) is 9.59 Å². The van der Waals surface area contributed by atoms with E-state index in [-0.39, 0.29) is 23.8 Å². The van der Waals surface area contributed by atoms with Crippen LogP contribution >= 0.6 is 11.6 Å². The summed E-state index contributed by atoms with van der Waals surface area (Å²) in [5.74, 6) is -0.574. The summed E-state index contributed by atoms with van der Waals surface area (Å²) >= 11 is 6.30. The van der Waals surface area contributed by atoms with Crippen LogP contribution in [0.25, 0.3) is 0 Å². The zero-order chi connectivity index (χ0) is 20.7. The van der Waals surface area contributed by atoms with Crippen LogP contribution in [-0.2, 0) is 9.59 Å². The molecule has 0 spiro atoms. The first kappa shape index (κ1) is 22.7. The molecule has 1 aliphatic heterocycles. The molecule has 0 aromatic heterocycles. The summed E-state index contributed by atoms with van der Waals surface area (Å²) in [4.78, 5) is 28.3. The molecule has 2 N–H and O–H groups in total. The number of hydrogen-bond acceptors (Lipinski definition) is 3. The van der Waals surface area contributed by atoms with E-state index in [1.165, 1.54) is 12.8 Å². The van der Waals surface area contributed by atoms with Gasteiger partial charge in [0.2, 0.25) is 11.8 Å². The number of nitrogens with zero attached hydrogens (tertiary/aromatic N) is 2. The average Bonchev–Trinajstić information content (AvgIpc) is 2.63. The molecule has 1 heterocycles. The summed E-state index contributed by atoms with van der Waals surface area (Å²) in [6.45, 7) is 8.37. The molecule has 0 saturated carbocycles. The molecule has 0 radical (unpaired) electrons. The molecule has 1 saturated heterocycles. The Hall–Kier alpha value is -1.59. The van der Waals surface area contributed by atoms with Gasteiger partial charge in [0.05, 0.1) is 5.92 Å². The van der Waals surface area contributed by atoms with Gasteiger partial charge in [0.25, 0.3) is 0 Å². The van der Waals surface area contributed by atoms with E-state index >= 15 is 0 Å². The van der Waals surface area contributed by atoms with Gasteiger partial charge in [-0.05, 0) is 64.3 Å². The quantitative estimate of drug-likeness (QED) is 0.677. The Balaban J connectivity index is 2.00. The number of rotatable bonds is 9. The number of hydrogen-bond donors (Lipinski definition) is 1. The maximum absolute atomic E-state index is 12.1. The van der Waals surface area contributed by atoms with Crippen LogP contribution in [0, 0.1) is 0 Å². The second-order valence-corrected chi connectivity index (χ2v) is 8.45. The molecule has 1 fully saturated rings. The number of likely N-dealkylation sites (tertiary alicyclic amines) is 1. The van der Waals surface area contributed by atoms with E-state index in [0.29, 0.717) is 17.5 Å². The molecular weight excluding hydrogens is 374 g/mol. The van der Waals surface area contributed by atoms with Crippen molar-refractivity contribution in [1.82, 2.24) is 9.80 Å². The van der Waals surface area contributed by atoms with Gasteiger partial charge in [-0.2, -0.15) is 0 Å². The fourth-order valence-electron chi connectivity index (χ4n) is 4.25. The van der Waals surface area contributed by atoms with Crippen molar-refractivity contribution in [3.8, 4) is 0 Å². The van der Waals surface area contributed by atoms with Crippen molar-refractivity contribution in [2.45, 2.75) is 70.9 Å². The van der Waals surface area contributed by atoms with Gasteiger partial charge >= 0.3 is 0 Å². The Morgan fingerprint density at radius 1 is 1.29 bits per heavy atom. The maximum atomic E-state index is 12.1. The van der Waals surface area contributed by atoms with Crippen molar-refractivity contribution in [3.05, 3.63) is 34.9 Å². The Labute approximate surface area is 174 Å². The van der Waals surface area contributed by atoms with Crippen molar-refractivity contribution in [1.29, 1.82) is 0 Å². The number of benzene rings is 1. The summed E-state index contributed by atoms with van der Waals surface area (Å²) < 4.78 is 0. The van der Waals surface area contributed by atoms with Gasteiger partial charge in [-0.25, -0.2) is 0 Å². The van der Waals surface area contributed by atoms with Crippen molar-refractivity contribution in [3.63, 3.8) is 0 Å².